The van der Waals surface area contributed by atoms with Gasteiger partial charge < -0.3 is 21.1 Å². The second-order valence-corrected chi connectivity index (χ2v) is 12.6. The van der Waals surface area contributed by atoms with Gasteiger partial charge in [-0.05, 0) is 38.5 Å². The monoisotopic (exact) mass is 534 g/mol. The molecular formula is C24H30N4O6S2. The van der Waals surface area contributed by atoms with Crippen molar-refractivity contribution < 1.29 is 27.9 Å². The maximum atomic E-state index is 13.4. The number of nitrogens with zero attached hydrogens (tertiary/aromatic N) is 1. The van der Waals surface area contributed by atoms with E-state index in [1.807, 2.05) is 30.3 Å². The van der Waals surface area contributed by atoms with Gasteiger partial charge in [0.2, 0.25) is 15.9 Å². The average Bonchev–Trinajstić information content (AvgIpc) is 3.09. The first kappa shape index (κ1) is 27.5. The Morgan fingerprint density at radius 1 is 1.03 bits per heavy atom. The fourth-order valence-corrected chi connectivity index (χ4v) is 7.80. The molecule has 3 rings (SSSR count). The molecule has 0 aromatic heterocycles. The summed E-state index contributed by atoms with van der Waals surface area (Å²) in [7, 11) is -4.04. The predicted molar refractivity (Wildman–Crippen MR) is 137 cm³/mol. The van der Waals surface area contributed by atoms with Gasteiger partial charge in [0.05, 0.1) is 16.8 Å². The fraction of sp³-hybridized carbons (Fsp3) is 0.375. The fourth-order valence-electron chi connectivity index (χ4n) is 4.04. The summed E-state index contributed by atoms with van der Waals surface area (Å²) in [6, 6.07) is 13.7. The summed E-state index contributed by atoms with van der Waals surface area (Å²) in [5, 5.41) is 16.6. The van der Waals surface area contributed by atoms with Crippen molar-refractivity contribution in [2.45, 2.75) is 54.4 Å². The molecule has 0 saturated carbocycles. The highest BCUT2D eigenvalue weighted by molar-refractivity contribution is 8.02. The minimum Gasteiger partial charge on any atom is -0.480 e. The van der Waals surface area contributed by atoms with Gasteiger partial charge in [-0.15, -0.1) is 11.8 Å². The number of amides is 3. The third-order valence-electron chi connectivity index (χ3n) is 5.69. The zero-order chi connectivity index (χ0) is 26.5. The summed E-state index contributed by atoms with van der Waals surface area (Å²) in [5.74, 6) is -2.11. The largest absolute Gasteiger partial charge is 0.480 e. The van der Waals surface area contributed by atoms with E-state index in [9.17, 15) is 27.9 Å². The average molecular weight is 535 g/mol. The molecule has 0 aliphatic carbocycles. The first-order chi connectivity index (χ1) is 16.9. The van der Waals surface area contributed by atoms with E-state index < -0.39 is 50.1 Å². The molecule has 3 unspecified atom stereocenters. The molecule has 1 heterocycles. The number of carbonyl (C=O) groups is 3. The molecule has 2 aromatic rings. The second-order valence-electron chi connectivity index (χ2n) is 8.82. The van der Waals surface area contributed by atoms with Crippen molar-refractivity contribution in [2.24, 2.45) is 0 Å². The number of carboxylic acid groups (broad SMARTS) is 1. The normalized spacial score (nSPS) is 20.3. The molecule has 3 atom stereocenters. The van der Waals surface area contributed by atoms with E-state index in [1.165, 1.54) is 23.9 Å². The maximum absolute atomic E-state index is 13.4. The molecule has 194 valence electrons. The summed E-state index contributed by atoms with van der Waals surface area (Å²) in [5.41, 5.74) is 0.866. The molecule has 2 aromatic carbocycles. The summed E-state index contributed by atoms with van der Waals surface area (Å²) in [6.07, 6.45) is 0. The van der Waals surface area contributed by atoms with E-state index in [-0.39, 0.29) is 18.0 Å². The van der Waals surface area contributed by atoms with Crippen molar-refractivity contribution >= 4 is 39.7 Å². The van der Waals surface area contributed by atoms with Crippen LogP contribution in [-0.2, 0) is 26.2 Å². The zero-order valence-corrected chi connectivity index (χ0v) is 21.8. The van der Waals surface area contributed by atoms with Crippen LogP contribution in [0.3, 0.4) is 0 Å². The SMILES string of the molecule is CC1SC(C)(C)C(C(=O)NC(CNC(=O)NCc2ccccc2)C(=O)O)N1S(=O)(=O)c1ccccc1. The van der Waals surface area contributed by atoms with Crippen molar-refractivity contribution in [1.82, 2.24) is 20.3 Å². The number of carboxylic acids is 1. The van der Waals surface area contributed by atoms with Gasteiger partial charge in [0.25, 0.3) is 0 Å². The van der Waals surface area contributed by atoms with Crippen LogP contribution < -0.4 is 16.0 Å². The number of rotatable bonds is 9. The standard InChI is InChI=1S/C24H30N4O6S2/c1-16-28(36(33,34)18-12-8-5-9-13-18)20(24(2,3)35-16)21(29)27-19(22(30)31)15-26-23(32)25-14-17-10-6-4-7-11-17/h4-13,16,19-20H,14-15H2,1-3H3,(H,27,29)(H,30,31)(H2,25,26,32). The first-order valence-corrected chi connectivity index (χ1v) is 13.6. The number of hydrogen-bond donors (Lipinski definition) is 4. The number of thioether (sulfide) groups is 1. The smallest absolute Gasteiger partial charge is 0.328 e. The van der Waals surface area contributed by atoms with Crippen molar-refractivity contribution in [1.29, 1.82) is 0 Å². The second kappa shape index (κ2) is 11.3. The maximum Gasteiger partial charge on any atom is 0.328 e. The molecule has 10 nitrogen and oxygen atoms in total. The molecule has 36 heavy (non-hydrogen) atoms. The summed E-state index contributed by atoms with van der Waals surface area (Å²) in [4.78, 5) is 37.4. The highest BCUT2D eigenvalue weighted by Crippen LogP contribution is 2.46. The Kier molecular flexibility index (Phi) is 8.64. The van der Waals surface area contributed by atoms with Gasteiger partial charge in [-0.1, -0.05) is 48.5 Å². The van der Waals surface area contributed by atoms with Gasteiger partial charge in [0, 0.05) is 11.3 Å². The molecule has 1 aliphatic heterocycles. The number of benzene rings is 2. The lowest BCUT2D eigenvalue weighted by Crippen LogP contribution is -2.59. The van der Waals surface area contributed by atoms with Crippen LogP contribution in [0, 0.1) is 0 Å². The lowest BCUT2D eigenvalue weighted by Gasteiger charge is -2.31. The molecule has 3 amide bonds. The Bertz CT molecular complexity index is 1190. The molecule has 1 aliphatic rings. The summed E-state index contributed by atoms with van der Waals surface area (Å²) in [6.45, 7) is 5.03. The molecule has 0 bridgehead atoms. The van der Waals surface area contributed by atoms with E-state index in [0.29, 0.717) is 0 Å². The topological polar surface area (TPSA) is 145 Å². The van der Waals surface area contributed by atoms with Crippen LogP contribution in [0.2, 0.25) is 0 Å². The molecular weight excluding hydrogens is 504 g/mol. The van der Waals surface area contributed by atoms with E-state index in [1.54, 1.807) is 39.0 Å². The van der Waals surface area contributed by atoms with Gasteiger partial charge in [-0.2, -0.15) is 4.31 Å². The van der Waals surface area contributed by atoms with E-state index in [2.05, 4.69) is 16.0 Å². The molecule has 0 spiro atoms. The Balaban J connectivity index is 1.71. The van der Waals surface area contributed by atoms with Crippen LogP contribution in [0.1, 0.15) is 26.3 Å². The van der Waals surface area contributed by atoms with E-state index in [0.717, 1.165) is 9.87 Å². The zero-order valence-electron chi connectivity index (χ0n) is 20.2. The Morgan fingerprint density at radius 3 is 2.19 bits per heavy atom. The minimum absolute atomic E-state index is 0.0412. The van der Waals surface area contributed by atoms with Crippen LogP contribution in [-0.4, -0.2) is 64.5 Å². The number of nitrogens with one attached hydrogen (secondary N) is 3. The Morgan fingerprint density at radius 2 is 1.61 bits per heavy atom. The van der Waals surface area contributed by atoms with Crippen LogP contribution in [0.25, 0.3) is 0 Å². The quantitative estimate of drug-likeness (QED) is 0.385. The highest BCUT2D eigenvalue weighted by atomic mass is 32.2. The van der Waals surface area contributed by atoms with E-state index in [4.69, 9.17) is 0 Å². The molecule has 4 N–H and O–H groups in total. The summed E-state index contributed by atoms with van der Waals surface area (Å²) < 4.78 is 27.1. The molecule has 1 fully saturated rings. The van der Waals surface area contributed by atoms with Crippen molar-refractivity contribution in [2.75, 3.05) is 6.54 Å². The lowest BCUT2D eigenvalue weighted by atomic mass is 10.0. The van der Waals surface area contributed by atoms with Crippen molar-refractivity contribution in [3.8, 4) is 0 Å². The van der Waals surface area contributed by atoms with Gasteiger partial charge in [-0.25, -0.2) is 18.0 Å². The number of urea groups is 1. The van der Waals surface area contributed by atoms with Crippen LogP contribution in [0.5, 0.6) is 0 Å². The number of carbonyl (C=O) groups excluding carboxylic acids is 2. The van der Waals surface area contributed by atoms with Gasteiger partial charge >= 0.3 is 12.0 Å². The molecule has 1 saturated heterocycles. The summed E-state index contributed by atoms with van der Waals surface area (Å²) >= 11 is 1.31. The Hall–Kier alpha value is -3.09. The third kappa shape index (κ3) is 6.37. The van der Waals surface area contributed by atoms with Gasteiger partial charge in [0.1, 0.15) is 12.1 Å². The third-order valence-corrected chi connectivity index (χ3v) is 9.17. The molecule has 12 heteroatoms. The number of hydrogen-bond acceptors (Lipinski definition) is 6. The highest BCUT2D eigenvalue weighted by Gasteiger charge is 2.55. The Labute approximate surface area is 214 Å². The predicted octanol–water partition coefficient (Wildman–Crippen LogP) is 1.99. The van der Waals surface area contributed by atoms with Crippen LogP contribution in [0.15, 0.2) is 65.6 Å². The first-order valence-electron chi connectivity index (χ1n) is 11.3. The number of sulfonamides is 1. The van der Waals surface area contributed by atoms with Gasteiger partial charge in [-0.3, -0.25) is 4.79 Å². The van der Waals surface area contributed by atoms with Gasteiger partial charge in [0.15, 0.2) is 0 Å². The molecule has 0 radical (unpaired) electrons. The lowest BCUT2D eigenvalue weighted by molar-refractivity contribution is -0.142. The minimum atomic E-state index is -4.04. The number of aliphatic carboxylic acids is 1. The van der Waals surface area contributed by atoms with Crippen LogP contribution >= 0.6 is 11.8 Å². The van der Waals surface area contributed by atoms with Crippen LogP contribution in [0.4, 0.5) is 4.79 Å². The van der Waals surface area contributed by atoms with E-state index >= 15 is 0 Å². The van der Waals surface area contributed by atoms with Crippen molar-refractivity contribution in [3.63, 3.8) is 0 Å². The van der Waals surface area contributed by atoms with Crippen molar-refractivity contribution in [3.05, 3.63) is 66.2 Å².